The predicted octanol–water partition coefficient (Wildman–Crippen LogP) is 4.02. The van der Waals surface area contributed by atoms with Crippen LogP contribution in [0.4, 0.5) is 15.8 Å². The van der Waals surface area contributed by atoms with Crippen molar-refractivity contribution in [2.75, 3.05) is 19.5 Å². The molecule has 6 heteroatoms. The van der Waals surface area contributed by atoms with Gasteiger partial charge >= 0.3 is 5.97 Å². The Morgan fingerprint density at radius 2 is 1.86 bits per heavy atom. The van der Waals surface area contributed by atoms with E-state index in [2.05, 4.69) is 5.32 Å². The van der Waals surface area contributed by atoms with Crippen molar-refractivity contribution in [2.24, 2.45) is 0 Å². The largest absolute Gasteiger partial charge is 0.494 e. The summed E-state index contributed by atoms with van der Waals surface area (Å²) >= 11 is 5.89. The SMILES string of the molecule is COC(=O)c1cc(Cl)ccc1Nc1ccc(F)cc1OC. The minimum absolute atomic E-state index is 0.274. The number of anilines is 2. The summed E-state index contributed by atoms with van der Waals surface area (Å²) in [5.41, 5.74) is 1.28. The molecule has 0 aliphatic heterocycles. The molecule has 0 aromatic heterocycles. The van der Waals surface area contributed by atoms with Gasteiger partial charge in [-0.15, -0.1) is 0 Å². The van der Waals surface area contributed by atoms with Gasteiger partial charge in [0.1, 0.15) is 11.6 Å². The average Bonchev–Trinajstić information content (AvgIpc) is 2.49. The third kappa shape index (κ3) is 3.44. The van der Waals surface area contributed by atoms with Gasteiger partial charge in [-0.2, -0.15) is 0 Å². The Morgan fingerprint density at radius 1 is 1.14 bits per heavy atom. The molecular weight excluding hydrogens is 297 g/mol. The van der Waals surface area contributed by atoms with E-state index in [0.29, 0.717) is 22.1 Å². The van der Waals surface area contributed by atoms with Crippen molar-refractivity contribution in [3.8, 4) is 5.75 Å². The van der Waals surface area contributed by atoms with Crippen LogP contribution in [-0.4, -0.2) is 20.2 Å². The van der Waals surface area contributed by atoms with E-state index in [1.165, 1.54) is 38.5 Å². The highest BCUT2D eigenvalue weighted by molar-refractivity contribution is 6.31. The van der Waals surface area contributed by atoms with Crippen LogP contribution in [0, 0.1) is 5.82 Å². The number of ether oxygens (including phenoxy) is 2. The lowest BCUT2D eigenvalue weighted by Crippen LogP contribution is -2.06. The Labute approximate surface area is 126 Å². The Bertz CT molecular complexity index is 676. The maximum Gasteiger partial charge on any atom is 0.340 e. The molecule has 21 heavy (non-hydrogen) atoms. The van der Waals surface area contributed by atoms with Crippen molar-refractivity contribution in [3.05, 3.63) is 52.8 Å². The fourth-order valence-corrected chi connectivity index (χ4v) is 1.99. The maximum atomic E-state index is 13.2. The lowest BCUT2D eigenvalue weighted by Gasteiger charge is -2.14. The van der Waals surface area contributed by atoms with Crippen LogP contribution in [0.25, 0.3) is 0 Å². The molecule has 1 N–H and O–H groups in total. The Balaban J connectivity index is 2.42. The molecule has 2 aromatic carbocycles. The second kappa shape index (κ2) is 6.45. The lowest BCUT2D eigenvalue weighted by atomic mass is 10.1. The minimum Gasteiger partial charge on any atom is -0.494 e. The van der Waals surface area contributed by atoms with Crippen LogP contribution in [0.2, 0.25) is 5.02 Å². The van der Waals surface area contributed by atoms with Gasteiger partial charge in [0, 0.05) is 11.1 Å². The molecule has 0 saturated heterocycles. The summed E-state index contributed by atoms with van der Waals surface area (Å²) in [7, 11) is 2.72. The summed E-state index contributed by atoms with van der Waals surface area (Å²) in [6.45, 7) is 0. The summed E-state index contributed by atoms with van der Waals surface area (Å²) in [5, 5.41) is 3.42. The molecular formula is C15H13ClFNO3. The fourth-order valence-electron chi connectivity index (χ4n) is 1.82. The highest BCUT2D eigenvalue weighted by Crippen LogP contribution is 2.31. The Kier molecular flexibility index (Phi) is 4.65. The average molecular weight is 310 g/mol. The number of carbonyl (C=O) groups is 1. The smallest absolute Gasteiger partial charge is 0.340 e. The van der Waals surface area contributed by atoms with E-state index in [1.54, 1.807) is 12.1 Å². The number of benzene rings is 2. The molecule has 0 atom stereocenters. The van der Waals surface area contributed by atoms with Gasteiger partial charge in [0.2, 0.25) is 0 Å². The summed E-state index contributed by atoms with van der Waals surface area (Å²) in [4.78, 5) is 11.8. The van der Waals surface area contributed by atoms with Crippen LogP contribution in [0.3, 0.4) is 0 Å². The van der Waals surface area contributed by atoms with Crippen molar-refractivity contribution in [1.82, 2.24) is 0 Å². The number of carbonyl (C=O) groups excluding carboxylic acids is 1. The number of nitrogens with one attached hydrogen (secondary N) is 1. The minimum atomic E-state index is -0.527. The summed E-state index contributed by atoms with van der Waals surface area (Å²) in [5.74, 6) is -0.622. The number of hydrogen-bond acceptors (Lipinski definition) is 4. The van der Waals surface area contributed by atoms with Crippen molar-refractivity contribution in [3.63, 3.8) is 0 Å². The van der Waals surface area contributed by atoms with Crippen molar-refractivity contribution < 1.29 is 18.7 Å². The number of rotatable bonds is 4. The first-order valence-electron chi connectivity index (χ1n) is 6.03. The molecule has 0 spiro atoms. The van der Waals surface area contributed by atoms with Gasteiger partial charge < -0.3 is 14.8 Å². The Hall–Kier alpha value is -2.27. The van der Waals surface area contributed by atoms with Crippen molar-refractivity contribution >= 4 is 28.9 Å². The molecule has 0 aliphatic rings. The normalized spacial score (nSPS) is 10.1. The zero-order valence-corrected chi connectivity index (χ0v) is 12.2. The van der Waals surface area contributed by atoms with Gasteiger partial charge in [0.15, 0.2) is 0 Å². The first-order valence-corrected chi connectivity index (χ1v) is 6.41. The molecule has 0 unspecified atom stereocenters. The van der Waals surface area contributed by atoms with Crippen LogP contribution >= 0.6 is 11.6 Å². The molecule has 0 saturated carbocycles. The van der Waals surface area contributed by atoms with Gasteiger partial charge in [0.25, 0.3) is 0 Å². The topological polar surface area (TPSA) is 47.6 Å². The van der Waals surface area contributed by atoms with Crippen molar-refractivity contribution in [2.45, 2.75) is 0 Å². The van der Waals surface area contributed by atoms with Crippen LogP contribution in [0.15, 0.2) is 36.4 Å². The highest BCUT2D eigenvalue weighted by atomic mass is 35.5. The molecule has 0 bridgehead atoms. The van der Waals surface area contributed by atoms with E-state index in [-0.39, 0.29) is 5.56 Å². The third-order valence-corrected chi connectivity index (χ3v) is 3.05. The lowest BCUT2D eigenvalue weighted by molar-refractivity contribution is 0.0602. The number of esters is 1. The molecule has 0 heterocycles. The molecule has 2 rings (SSSR count). The van der Waals surface area contributed by atoms with E-state index in [0.717, 1.165) is 0 Å². The van der Waals surface area contributed by atoms with Crippen LogP contribution in [-0.2, 0) is 4.74 Å². The Morgan fingerprint density at radius 3 is 2.52 bits per heavy atom. The molecule has 0 fully saturated rings. The highest BCUT2D eigenvalue weighted by Gasteiger charge is 2.14. The standard InChI is InChI=1S/C15H13ClFNO3/c1-20-14-8-10(17)4-6-13(14)18-12-5-3-9(16)7-11(12)15(19)21-2/h3-8,18H,1-2H3. The molecule has 0 aliphatic carbocycles. The van der Waals surface area contributed by atoms with E-state index in [4.69, 9.17) is 21.1 Å². The monoisotopic (exact) mass is 309 g/mol. The molecule has 0 amide bonds. The van der Waals surface area contributed by atoms with Gasteiger partial charge in [0.05, 0.1) is 31.2 Å². The van der Waals surface area contributed by atoms with Crippen LogP contribution in [0.1, 0.15) is 10.4 Å². The summed E-state index contributed by atoms with van der Waals surface area (Å²) < 4.78 is 23.0. The van der Waals surface area contributed by atoms with E-state index in [1.807, 2.05) is 0 Å². The number of hydrogen-bond donors (Lipinski definition) is 1. The van der Waals surface area contributed by atoms with Gasteiger partial charge in [-0.3, -0.25) is 0 Å². The second-order valence-corrected chi connectivity index (χ2v) is 4.59. The second-order valence-electron chi connectivity index (χ2n) is 4.15. The predicted molar refractivity (Wildman–Crippen MR) is 79.0 cm³/mol. The summed E-state index contributed by atoms with van der Waals surface area (Å²) in [6, 6.07) is 8.81. The molecule has 110 valence electrons. The van der Waals surface area contributed by atoms with E-state index >= 15 is 0 Å². The van der Waals surface area contributed by atoms with Gasteiger partial charge in [-0.25, -0.2) is 9.18 Å². The van der Waals surface area contributed by atoms with Gasteiger partial charge in [-0.1, -0.05) is 11.6 Å². The number of halogens is 2. The number of methoxy groups -OCH3 is 2. The van der Waals surface area contributed by atoms with Crippen LogP contribution in [0.5, 0.6) is 5.75 Å². The van der Waals surface area contributed by atoms with E-state index < -0.39 is 11.8 Å². The van der Waals surface area contributed by atoms with E-state index in [9.17, 15) is 9.18 Å². The zero-order valence-electron chi connectivity index (χ0n) is 11.4. The molecule has 2 aromatic rings. The first kappa shape index (κ1) is 15.1. The third-order valence-electron chi connectivity index (χ3n) is 2.82. The molecule has 4 nitrogen and oxygen atoms in total. The first-order chi connectivity index (χ1) is 10.0. The fraction of sp³-hybridized carbons (Fsp3) is 0.133. The maximum absolute atomic E-state index is 13.2. The van der Waals surface area contributed by atoms with Crippen LogP contribution < -0.4 is 10.1 Å². The van der Waals surface area contributed by atoms with Crippen molar-refractivity contribution in [1.29, 1.82) is 0 Å². The summed E-state index contributed by atoms with van der Waals surface area (Å²) in [6.07, 6.45) is 0. The quantitative estimate of drug-likeness (QED) is 0.867. The molecule has 0 radical (unpaired) electrons. The van der Waals surface area contributed by atoms with Gasteiger partial charge in [-0.05, 0) is 30.3 Å². The zero-order chi connectivity index (χ0) is 15.4.